The number of esters is 1. The highest BCUT2D eigenvalue weighted by Gasteiger charge is 2.12. The largest absolute Gasteiger partial charge is 0.455 e. The highest BCUT2D eigenvalue weighted by atomic mass is 35.5. The lowest BCUT2D eigenvalue weighted by molar-refractivity contribution is -0.146. The summed E-state index contributed by atoms with van der Waals surface area (Å²) >= 11 is 11.7. The second kappa shape index (κ2) is 8.88. The van der Waals surface area contributed by atoms with Crippen LogP contribution in [0.3, 0.4) is 0 Å². The van der Waals surface area contributed by atoms with E-state index >= 15 is 0 Å². The van der Waals surface area contributed by atoms with Crippen molar-refractivity contribution >= 4 is 40.8 Å². The molecule has 0 atom stereocenters. The van der Waals surface area contributed by atoms with Crippen molar-refractivity contribution in [1.29, 1.82) is 0 Å². The fourth-order valence-electron chi connectivity index (χ4n) is 2.39. The van der Waals surface area contributed by atoms with Crippen LogP contribution in [-0.4, -0.2) is 18.5 Å². The Morgan fingerprint density at radius 1 is 1.12 bits per heavy atom. The molecule has 0 heterocycles. The van der Waals surface area contributed by atoms with Crippen LogP contribution in [0.4, 0.5) is 5.69 Å². The van der Waals surface area contributed by atoms with Gasteiger partial charge in [-0.25, -0.2) is 0 Å². The maximum Gasteiger partial charge on any atom is 0.310 e. The van der Waals surface area contributed by atoms with Crippen molar-refractivity contribution in [2.45, 2.75) is 26.7 Å². The van der Waals surface area contributed by atoms with Gasteiger partial charge >= 0.3 is 5.97 Å². The van der Waals surface area contributed by atoms with Crippen LogP contribution in [-0.2, 0) is 27.2 Å². The Bertz CT molecular complexity index is 790. The first kappa shape index (κ1) is 19.3. The monoisotopic (exact) mass is 379 g/mol. The number of carbonyl (C=O) groups excluding carboxylic acids is 2. The van der Waals surface area contributed by atoms with Gasteiger partial charge in [-0.3, -0.25) is 9.59 Å². The number of hydrogen-bond donors (Lipinski definition) is 1. The van der Waals surface area contributed by atoms with Crippen LogP contribution in [0, 0.1) is 6.92 Å². The minimum Gasteiger partial charge on any atom is -0.455 e. The van der Waals surface area contributed by atoms with E-state index in [-0.39, 0.29) is 18.9 Å². The Morgan fingerprint density at radius 2 is 1.88 bits per heavy atom. The van der Waals surface area contributed by atoms with Crippen LogP contribution in [0.5, 0.6) is 0 Å². The minimum absolute atomic E-state index is 0.0226. The highest BCUT2D eigenvalue weighted by Crippen LogP contribution is 2.23. The summed E-state index contributed by atoms with van der Waals surface area (Å²) in [6.07, 6.45) is 0.823. The number of rotatable bonds is 6. The summed E-state index contributed by atoms with van der Waals surface area (Å²) in [5.41, 5.74) is 3.45. The Balaban J connectivity index is 1.89. The molecule has 0 unspecified atom stereocenters. The third-order valence-corrected chi connectivity index (χ3v) is 4.44. The van der Waals surface area contributed by atoms with Gasteiger partial charge in [0.05, 0.1) is 16.5 Å². The maximum absolute atomic E-state index is 12.1. The molecule has 0 fully saturated rings. The normalized spacial score (nSPS) is 10.4. The van der Waals surface area contributed by atoms with Gasteiger partial charge in [0.15, 0.2) is 6.61 Å². The zero-order chi connectivity index (χ0) is 18.4. The number of para-hydroxylation sites is 1. The predicted octanol–water partition coefficient (Wildman–Crippen LogP) is 4.59. The maximum atomic E-state index is 12.1. The second-order valence-corrected chi connectivity index (χ2v) is 6.41. The summed E-state index contributed by atoms with van der Waals surface area (Å²) in [5, 5.41) is 3.60. The Labute approximate surface area is 157 Å². The van der Waals surface area contributed by atoms with Crippen LogP contribution in [0.25, 0.3) is 0 Å². The predicted molar refractivity (Wildman–Crippen MR) is 100 cm³/mol. The molecule has 0 aromatic heterocycles. The lowest BCUT2D eigenvalue weighted by atomic mass is 10.1. The van der Waals surface area contributed by atoms with Crippen molar-refractivity contribution in [2.75, 3.05) is 11.9 Å². The first-order valence-corrected chi connectivity index (χ1v) is 8.64. The summed E-state index contributed by atoms with van der Waals surface area (Å²) in [6.45, 7) is 3.60. The van der Waals surface area contributed by atoms with Crippen molar-refractivity contribution in [1.82, 2.24) is 0 Å². The number of hydrogen-bond acceptors (Lipinski definition) is 3. The van der Waals surface area contributed by atoms with Crippen LogP contribution in [0.1, 0.15) is 23.6 Å². The second-order valence-electron chi connectivity index (χ2n) is 5.60. The molecule has 0 aliphatic carbocycles. The molecule has 0 aliphatic heterocycles. The van der Waals surface area contributed by atoms with Crippen molar-refractivity contribution in [2.24, 2.45) is 0 Å². The van der Waals surface area contributed by atoms with Crippen molar-refractivity contribution in [3.8, 4) is 0 Å². The van der Waals surface area contributed by atoms with Gasteiger partial charge in [-0.2, -0.15) is 0 Å². The van der Waals surface area contributed by atoms with Crippen LogP contribution < -0.4 is 5.32 Å². The summed E-state index contributed by atoms with van der Waals surface area (Å²) in [7, 11) is 0. The number of benzene rings is 2. The molecule has 132 valence electrons. The van der Waals surface area contributed by atoms with E-state index in [1.807, 2.05) is 32.0 Å². The minimum atomic E-state index is -0.506. The van der Waals surface area contributed by atoms with Gasteiger partial charge in [0.25, 0.3) is 5.91 Å². The van der Waals surface area contributed by atoms with Crippen molar-refractivity contribution in [3.05, 3.63) is 63.1 Å². The van der Waals surface area contributed by atoms with E-state index in [0.29, 0.717) is 15.6 Å². The number of anilines is 1. The smallest absolute Gasteiger partial charge is 0.310 e. The molecule has 2 aromatic rings. The molecule has 1 N–H and O–H groups in total. The quantitative estimate of drug-likeness (QED) is 0.746. The molecule has 0 aliphatic rings. The van der Waals surface area contributed by atoms with Gasteiger partial charge < -0.3 is 10.1 Å². The highest BCUT2D eigenvalue weighted by molar-refractivity contribution is 6.42. The Hall–Kier alpha value is -2.04. The van der Waals surface area contributed by atoms with Gasteiger partial charge in [0, 0.05) is 5.69 Å². The molecule has 4 nitrogen and oxygen atoms in total. The summed E-state index contributed by atoms with van der Waals surface area (Å²) < 4.78 is 5.04. The molecule has 0 bridgehead atoms. The lowest BCUT2D eigenvalue weighted by Gasteiger charge is -2.13. The Morgan fingerprint density at radius 3 is 2.56 bits per heavy atom. The summed E-state index contributed by atoms with van der Waals surface area (Å²) in [5.74, 6) is -0.875. The molecule has 6 heteroatoms. The third-order valence-electron chi connectivity index (χ3n) is 3.70. The molecule has 0 saturated heterocycles. The van der Waals surface area contributed by atoms with E-state index in [1.54, 1.807) is 18.2 Å². The van der Waals surface area contributed by atoms with Crippen LogP contribution in [0.15, 0.2) is 36.4 Å². The molecule has 2 aromatic carbocycles. The molecule has 0 saturated carbocycles. The van der Waals surface area contributed by atoms with Crippen LogP contribution in [0.2, 0.25) is 10.0 Å². The number of nitrogens with one attached hydrogen (secondary N) is 1. The first-order chi connectivity index (χ1) is 11.9. The van der Waals surface area contributed by atoms with Crippen molar-refractivity contribution < 1.29 is 14.3 Å². The fraction of sp³-hybridized carbons (Fsp3) is 0.263. The SMILES string of the molecule is CCc1cccc(C)c1NC(=O)COC(=O)Cc1ccc(Cl)c(Cl)c1. The number of amides is 1. The zero-order valence-corrected chi connectivity index (χ0v) is 15.6. The van der Waals surface area contributed by atoms with Crippen molar-refractivity contribution in [3.63, 3.8) is 0 Å². The van der Waals surface area contributed by atoms with E-state index < -0.39 is 5.97 Å². The third kappa shape index (κ3) is 5.48. The van der Waals surface area contributed by atoms with Gasteiger partial charge in [-0.15, -0.1) is 0 Å². The molecular weight excluding hydrogens is 361 g/mol. The number of ether oxygens (including phenoxy) is 1. The topological polar surface area (TPSA) is 55.4 Å². The van der Waals surface area contributed by atoms with E-state index in [1.165, 1.54) is 0 Å². The standard InChI is InChI=1S/C19H19Cl2NO3/c1-3-14-6-4-5-12(2)19(14)22-17(23)11-25-18(24)10-13-7-8-15(20)16(21)9-13/h4-9H,3,10-11H2,1-2H3,(H,22,23). The van der Waals surface area contributed by atoms with Gasteiger partial charge in [-0.05, 0) is 42.2 Å². The molecule has 0 spiro atoms. The van der Waals surface area contributed by atoms with E-state index in [4.69, 9.17) is 27.9 Å². The van der Waals surface area contributed by atoms with E-state index in [0.717, 1.165) is 23.2 Å². The number of halogens is 2. The summed E-state index contributed by atoms with van der Waals surface area (Å²) in [6, 6.07) is 10.7. The average molecular weight is 380 g/mol. The Kier molecular flexibility index (Phi) is 6.85. The van der Waals surface area contributed by atoms with Gasteiger partial charge in [-0.1, -0.05) is 54.4 Å². The molecule has 1 amide bonds. The summed E-state index contributed by atoms with van der Waals surface area (Å²) in [4.78, 5) is 23.9. The zero-order valence-electron chi connectivity index (χ0n) is 14.1. The molecular formula is C19H19Cl2NO3. The van der Waals surface area contributed by atoms with Crippen LogP contribution >= 0.6 is 23.2 Å². The van der Waals surface area contributed by atoms with E-state index in [2.05, 4.69) is 5.32 Å². The van der Waals surface area contributed by atoms with E-state index in [9.17, 15) is 9.59 Å². The van der Waals surface area contributed by atoms with Gasteiger partial charge in [0.2, 0.25) is 0 Å². The first-order valence-electron chi connectivity index (χ1n) is 7.88. The number of aryl methyl sites for hydroxylation is 2. The molecule has 2 rings (SSSR count). The average Bonchev–Trinajstić information content (AvgIpc) is 2.58. The van der Waals surface area contributed by atoms with Gasteiger partial charge in [0.1, 0.15) is 0 Å². The molecule has 0 radical (unpaired) electrons. The molecule has 25 heavy (non-hydrogen) atoms. The lowest BCUT2D eigenvalue weighted by Crippen LogP contribution is -2.22. The fourth-order valence-corrected chi connectivity index (χ4v) is 2.71. The number of carbonyl (C=O) groups is 2.